The number of halogens is 2. The summed E-state index contributed by atoms with van der Waals surface area (Å²) in [5, 5.41) is 14.6. The lowest BCUT2D eigenvalue weighted by molar-refractivity contribution is -0.118. The molecule has 178 valence electrons. The molecule has 0 aliphatic rings. The second-order valence-electron chi connectivity index (χ2n) is 7.34. The lowest BCUT2D eigenvalue weighted by Gasteiger charge is -2.14. The summed E-state index contributed by atoms with van der Waals surface area (Å²) in [7, 11) is 1.38. The van der Waals surface area contributed by atoms with Crippen LogP contribution in [0.25, 0.3) is 6.08 Å². The number of nitrogens with one attached hydrogen (secondary N) is 2. The highest BCUT2D eigenvalue weighted by atomic mass is 35.5. The van der Waals surface area contributed by atoms with Crippen LogP contribution in [0.2, 0.25) is 5.02 Å². The van der Waals surface area contributed by atoms with Gasteiger partial charge < -0.3 is 20.1 Å². The zero-order valence-electron chi connectivity index (χ0n) is 18.9. The summed E-state index contributed by atoms with van der Waals surface area (Å²) in [6.45, 7) is 1.47. The summed E-state index contributed by atoms with van der Waals surface area (Å²) in [5.41, 5.74) is 1.86. The maximum atomic E-state index is 13.7. The number of rotatable bonds is 8. The number of carbonyl (C=O) groups excluding carboxylic acids is 2. The van der Waals surface area contributed by atoms with Gasteiger partial charge in [-0.05, 0) is 55.0 Å². The van der Waals surface area contributed by atoms with Gasteiger partial charge in [-0.15, -0.1) is 0 Å². The molecule has 0 radical (unpaired) electrons. The first-order valence-electron chi connectivity index (χ1n) is 10.3. The molecule has 0 saturated heterocycles. The third-order valence-corrected chi connectivity index (χ3v) is 5.01. The molecule has 0 heterocycles. The molecule has 0 atom stereocenters. The number of carbonyl (C=O) groups is 2. The van der Waals surface area contributed by atoms with Gasteiger partial charge in [-0.25, -0.2) is 4.39 Å². The van der Waals surface area contributed by atoms with Gasteiger partial charge in [-0.1, -0.05) is 41.4 Å². The largest absolute Gasteiger partial charge is 0.493 e. The van der Waals surface area contributed by atoms with Crippen molar-refractivity contribution in [2.75, 3.05) is 24.4 Å². The van der Waals surface area contributed by atoms with Gasteiger partial charge in [0.15, 0.2) is 18.1 Å². The standard InChI is InChI=1S/C26H21ClFN3O4/c1-16-7-9-19(10-8-16)30-26(33)18(14-29)11-17-12-20(27)25(23(13-17)34-2)35-15-24(32)31-22-6-4-3-5-21(22)28/h3-13H,15H2,1-2H3,(H,30,33)(H,31,32). The normalized spacial score (nSPS) is 10.8. The third kappa shape index (κ3) is 6.82. The number of methoxy groups -OCH3 is 1. The van der Waals surface area contributed by atoms with E-state index in [1.807, 2.05) is 25.1 Å². The zero-order chi connectivity index (χ0) is 25.4. The van der Waals surface area contributed by atoms with Crippen molar-refractivity contribution >= 4 is 40.9 Å². The number of aryl methyl sites for hydroxylation is 1. The highest BCUT2D eigenvalue weighted by Gasteiger charge is 2.16. The van der Waals surface area contributed by atoms with Gasteiger partial charge in [0.05, 0.1) is 17.8 Å². The van der Waals surface area contributed by atoms with Gasteiger partial charge in [-0.3, -0.25) is 9.59 Å². The third-order valence-electron chi connectivity index (χ3n) is 4.73. The van der Waals surface area contributed by atoms with E-state index in [9.17, 15) is 19.2 Å². The molecule has 3 aromatic rings. The van der Waals surface area contributed by atoms with Crippen LogP contribution in [-0.4, -0.2) is 25.5 Å². The number of hydrogen-bond donors (Lipinski definition) is 2. The molecular weight excluding hydrogens is 473 g/mol. The molecule has 3 rings (SSSR count). The summed E-state index contributed by atoms with van der Waals surface area (Å²) < 4.78 is 24.5. The van der Waals surface area contributed by atoms with E-state index in [1.54, 1.807) is 18.2 Å². The van der Waals surface area contributed by atoms with Crippen LogP contribution < -0.4 is 20.1 Å². The number of benzene rings is 3. The average molecular weight is 494 g/mol. The van der Waals surface area contributed by atoms with Gasteiger partial charge in [0, 0.05) is 5.69 Å². The van der Waals surface area contributed by atoms with Crippen molar-refractivity contribution in [2.24, 2.45) is 0 Å². The molecule has 0 aromatic heterocycles. The van der Waals surface area contributed by atoms with Crippen LogP contribution in [0, 0.1) is 24.1 Å². The van der Waals surface area contributed by atoms with Crippen LogP contribution in [0.4, 0.5) is 15.8 Å². The smallest absolute Gasteiger partial charge is 0.266 e. The molecule has 0 aliphatic carbocycles. The average Bonchev–Trinajstić information content (AvgIpc) is 2.84. The number of nitrogens with zero attached hydrogens (tertiary/aromatic N) is 1. The molecule has 0 fully saturated rings. The van der Waals surface area contributed by atoms with Crippen molar-refractivity contribution < 1.29 is 23.5 Å². The molecular formula is C26H21ClFN3O4. The summed E-state index contributed by atoms with van der Waals surface area (Å²) in [6.07, 6.45) is 1.35. The highest BCUT2D eigenvalue weighted by Crippen LogP contribution is 2.37. The Kier molecular flexibility index (Phi) is 8.43. The fourth-order valence-electron chi connectivity index (χ4n) is 3.00. The van der Waals surface area contributed by atoms with Crippen molar-refractivity contribution in [1.29, 1.82) is 5.26 Å². The molecule has 3 aromatic carbocycles. The molecule has 0 unspecified atom stereocenters. The first-order chi connectivity index (χ1) is 16.8. The van der Waals surface area contributed by atoms with Gasteiger partial charge in [-0.2, -0.15) is 5.26 Å². The molecule has 0 aliphatic heterocycles. The maximum Gasteiger partial charge on any atom is 0.266 e. The molecule has 0 saturated carbocycles. The second kappa shape index (κ2) is 11.7. The Morgan fingerprint density at radius 1 is 1.11 bits per heavy atom. The Morgan fingerprint density at radius 3 is 2.49 bits per heavy atom. The molecule has 2 N–H and O–H groups in total. The summed E-state index contributed by atoms with van der Waals surface area (Å²) >= 11 is 6.32. The van der Waals surface area contributed by atoms with Crippen LogP contribution in [0.1, 0.15) is 11.1 Å². The Labute approximate surface area is 206 Å². The van der Waals surface area contributed by atoms with E-state index in [2.05, 4.69) is 10.6 Å². The minimum atomic E-state index is -0.600. The van der Waals surface area contributed by atoms with Crippen LogP contribution in [0.5, 0.6) is 11.5 Å². The summed E-state index contributed by atoms with van der Waals surface area (Å²) in [5.74, 6) is -1.50. The van der Waals surface area contributed by atoms with Crippen LogP contribution in [0.15, 0.2) is 66.2 Å². The summed E-state index contributed by atoms with van der Waals surface area (Å²) in [6, 6.07) is 17.7. The Hall–Kier alpha value is -4.35. The number of hydrogen-bond acceptors (Lipinski definition) is 5. The fraction of sp³-hybridized carbons (Fsp3) is 0.115. The molecule has 0 spiro atoms. The van der Waals surface area contributed by atoms with E-state index in [4.69, 9.17) is 21.1 Å². The van der Waals surface area contributed by atoms with E-state index in [-0.39, 0.29) is 27.8 Å². The lowest BCUT2D eigenvalue weighted by atomic mass is 10.1. The van der Waals surface area contributed by atoms with Gasteiger partial charge in [0.25, 0.3) is 11.8 Å². The first-order valence-corrected chi connectivity index (χ1v) is 10.7. The quantitative estimate of drug-likeness (QED) is 0.325. The second-order valence-corrected chi connectivity index (χ2v) is 7.75. The Bertz CT molecular complexity index is 1320. The number of anilines is 2. The monoisotopic (exact) mass is 493 g/mol. The van der Waals surface area contributed by atoms with Crippen molar-refractivity contribution in [3.8, 4) is 17.6 Å². The Balaban J connectivity index is 1.74. The van der Waals surface area contributed by atoms with Crippen LogP contribution >= 0.6 is 11.6 Å². The van der Waals surface area contributed by atoms with Gasteiger partial charge >= 0.3 is 0 Å². The van der Waals surface area contributed by atoms with E-state index in [0.717, 1.165) is 5.56 Å². The Morgan fingerprint density at radius 2 is 1.83 bits per heavy atom. The summed E-state index contributed by atoms with van der Waals surface area (Å²) in [4.78, 5) is 24.7. The zero-order valence-corrected chi connectivity index (χ0v) is 19.7. The van der Waals surface area contributed by atoms with Crippen molar-refractivity contribution in [1.82, 2.24) is 0 Å². The van der Waals surface area contributed by atoms with E-state index in [1.165, 1.54) is 43.5 Å². The number of amides is 2. The number of para-hydroxylation sites is 1. The van der Waals surface area contributed by atoms with E-state index in [0.29, 0.717) is 11.3 Å². The van der Waals surface area contributed by atoms with Crippen molar-refractivity contribution in [3.63, 3.8) is 0 Å². The van der Waals surface area contributed by atoms with Crippen LogP contribution in [-0.2, 0) is 9.59 Å². The van der Waals surface area contributed by atoms with Gasteiger partial charge in [0.2, 0.25) is 0 Å². The predicted octanol–water partition coefficient (Wildman–Crippen LogP) is 5.36. The SMILES string of the molecule is COc1cc(C=C(C#N)C(=O)Nc2ccc(C)cc2)cc(Cl)c1OCC(=O)Nc1ccccc1F. The lowest BCUT2D eigenvalue weighted by Crippen LogP contribution is -2.21. The van der Waals surface area contributed by atoms with Crippen molar-refractivity contribution in [2.45, 2.75) is 6.92 Å². The topological polar surface area (TPSA) is 100 Å². The maximum absolute atomic E-state index is 13.7. The molecule has 35 heavy (non-hydrogen) atoms. The number of ether oxygens (including phenoxy) is 2. The minimum absolute atomic E-state index is 0.0209. The van der Waals surface area contributed by atoms with E-state index >= 15 is 0 Å². The van der Waals surface area contributed by atoms with Crippen LogP contribution in [0.3, 0.4) is 0 Å². The fourth-order valence-corrected chi connectivity index (χ4v) is 3.27. The molecule has 2 amide bonds. The van der Waals surface area contributed by atoms with E-state index < -0.39 is 24.2 Å². The first kappa shape index (κ1) is 25.3. The highest BCUT2D eigenvalue weighted by molar-refractivity contribution is 6.32. The number of nitriles is 1. The van der Waals surface area contributed by atoms with Gasteiger partial charge in [0.1, 0.15) is 17.5 Å². The molecule has 7 nitrogen and oxygen atoms in total. The molecule has 9 heteroatoms. The minimum Gasteiger partial charge on any atom is -0.493 e. The molecule has 0 bridgehead atoms. The predicted molar refractivity (Wildman–Crippen MR) is 132 cm³/mol. The van der Waals surface area contributed by atoms with Crippen molar-refractivity contribution in [3.05, 3.63) is 88.2 Å².